The van der Waals surface area contributed by atoms with Gasteiger partial charge < -0.3 is 16.0 Å². The van der Waals surface area contributed by atoms with Gasteiger partial charge in [0, 0.05) is 21.2 Å². The van der Waals surface area contributed by atoms with Gasteiger partial charge >= 0.3 is 0 Å². The molecule has 0 unspecified atom stereocenters. The number of nitrogens with one attached hydrogen (secondary N) is 3. The quantitative estimate of drug-likeness (QED) is 0.123. The second-order valence-electron chi connectivity index (χ2n) is 9.64. The number of hydrogen-bond acceptors (Lipinski definition) is 4. The second-order valence-corrected chi connectivity index (χ2v) is 11.5. The van der Waals surface area contributed by atoms with Crippen molar-refractivity contribution in [2.24, 2.45) is 0 Å². The molecule has 4 aromatic rings. The van der Waals surface area contributed by atoms with Crippen LogP contribution in [-0.4, -0.2) is 23.5 Å². The molecule has 0 spiro atoms. The summed E-state index contributed by atoms with van der Waals surface area (Å²) >= 11 is 13.4. The minimum absolute atomic E-state index is 0.107. The lowest BCUT2D eigenvalue weighted by molar-refractivity contribution is -0.114. The number of carbonyl (C=O) groups is 3. The third kappa shape index (κ3) is 8.98. The van der Waals surface area contributed by atoms with E-state index in [-0.39, 0.29) is 23.3 Å². The fraction of sp³-hybridized carbons (Fsp3) is 0.121. The van der Waals surface area contributed by atoms with Crippen molar-refractivity contribution in [2.45, 2.75) is 24.7 Å². The summed E-state index contributed by atoms with van der Waals surface area (Å²) in [6.07, 6.45) is 1.65. The van der Waals surface area contributed by atoms with E-state index in [1.165, 1.54) is 17.3 Å². The van der Waals surface area contributed by atoms with E-state index in [0.29, 0.717) is 32.9 Å². The minimum atomic E-state index is -0.467. The van der Waals surface area contributed by atoms with E-state index in [1.54, 1.807) is 72.8 Å². The van der Waals surface area contributed by atoms with E-state index in [2.05, 4.69) is 29.8 Å². The molecule has 214 valence electrons. The molecule has 0 aliphatic carbocycles. The van der Waals surface area contributed by atoms with Crippen LogP contribution in [0.3, 0.4) is 0 Å². The smallest absolute Gasteiger partial charge is 0.272 e. The number of amides is 3. The van der Waals surface area contributed by atoms with Crippen LogP contribution in [0, 0.1) is 0 Å². The van der Waals surface area contributed by atoms with Crippen molar-refractivity contribution in [2.75, 3.05) is 16.4 Å². The Morgan fingerprint density at radius 1 is 0.833 bits per heavy atom. The summed E-state index contributed by atoms with van der Waals surface area (Å²) in [7, 11) is 0. The normalized spacial score (nSPS) is 11.2. The molecule has 6 nitrogen and oxygen atoms in total. The number of benzene rings is 4. The molecule has 0 aliphatic heterocycles. The van der Waals surface area contributed by atoms with Gasteiger partial charge in [-0.3, -0.25) is 14.4 Å². The Morgan fingerprint density at radius 2 is 1.52 bits per heavy atom. The van der Waals surface area contributed by atoms with Gasteiger partial charge in [-0.05, 0) is 77.7 Å². The van der Waals surface area contributed by atoms with Crippen molar-refractivity contribution < 1.29 is 14.4 Å². The molecule has 0 aliphatic rings. The topological polar surface area (TPSA) is 87.3 Å². The molecule has 0 atom stereocenters. The maximum atomic E-state index is 13.3. The zero-order chi connectivity index (χ0) is 30.1. The summed E-state index contributed by atoms with van der Waals surface area (Å²) < 4.78 is 0. The number of thioether (sulfide) groups is 1. The first kappa shape index (κ1) is 30.9. The van der Waals surface area contributed by atoms with Crippen LogP contribution < -0.4 is 16.0 Å². The predicted molar refractivity (Wildman–Crippen MR) is 173 cm³/mol. The molecule has 0 aromatic heterocycles. The summed E-state index contributed by atoms with van der Waals surface area (Å²) in [6.45, 7) is 4.22. The van der Waals surface area contributed by atoms with Gasteiger partial charge in [0.1, 0.15) is 5.70 Å². The molecule has 0 bridgehead atoms. The standard InChI is InChI=1S/C33H29Cl2N3O3S/c1-21(2)23-10-8-22(9-11-23)18-30(38-32(40)24-6-4-3-5-7-24)33(41)36-26-13-15-27(16-14-26)42-20-31(39)37-29-19-25(34)12-17-28(29)35/h3-19,21H,20H2,1-2H3,(H,36,41)(H,37,39)(H,38,40)/b30-18-. The molecule has 3 amide bonds. The summed E-state index contributed by atoms with van der Waals surface area (Å²) in [5.74, 6) is -0.555. The average Bonchev–Trinajstić information content (AvgIpc) is 2.99. The first-order valence-corrected chi connectivity index (χ1v) is 14.9. The number of rotatable bonds is 10. The number of carbonyl (C=O) groups excluding carboxylic acids is 3. The lowest BCUT2D eigenvalue weighted by Crippen LogP contribution is -2.30. The van der Waals surface area contributed by atoms with Crippen molar-refractivity contribution in [1.29, 1.82) is 0 Å². The van der Waals surface area contributed by atoms with Crippen molar-refractivity contribution in [3.63, 3.8) is 0 Å². The van der Waals surface area contributed by atoms with Gasteiger partial charge in [-0.15, -0.1) is 11.8 Å². The molecule has 0 saturated carbocycles. The van der Waals surface area contributed by atoms with E-state index in [0.717, 1.165) is 10.5 Å². The third-order valence-electron chi connectivity index (χ3n) is 6.13. The molecule has 9 heteroatoms. The fourth-order valence-electron chi connectivity index (χ4n) is 3.85. The Bertz CT molecular complexity index is 1590. The van der Waals surface area contributed by atoms with E-state index >= 15 is 0 Å². The zero-order valence-corrected chi connectivity index (χ0v) is 25.3. The van der Waals surface area contributed by atoms with Crippen LogP contribution in [0.4, 0.5) is 11.4 Å². The molecule has 0 saturated heterocycles. The fourth-order valence-corrected chi connectivity index (χ4v) is 4.88. The van der Waals surface area contributed by atoms with E-state index in [9.17, 15) is 14.4 Å². The first-order valence-electron chi connectivity index (χ1n) is 13.1. The SMILES string of the molecule is CC(C)c1ccc(/C=C(\NC(=O)c2ccccc2)C(=O)Nc2ccc(SCC(=O)Nc3cc(Cl)ccc3Cl)cc2)cc1. The van der Waals surface area contributed by atoms with Gasteiger partial charge in [-0.1, -0.05) is 79.5 Å². The highest BCUT2D eigenvalue weighted by atomic mass is 35.5. The van der Waals surface area contributed by atoms with E-state index < -0.39 is 5.91 Å². The van der Waals surface area contributed by atoms with Gasteiger partial charge in [-0.25, -0.2) is 0 Å². The van der Waals surface area contributed by atoms with E-state index in [1.807, 2.05) is 30.3 Å². The van der Waals surface area contributed by atoms with Crippen LogP contribution >= 0.6 is 35.0 Å². The maximum Gasteiger partial charge on any atom is 0.272 e. The molecule has 4 rings (SSSR count). The molecule has 0 radical (unpaired) electrons. The maximum absolute atomic E-state index is 13.3. The lowest BCUT2D eigenvalue weighted by Gasteiger charge is -2.12. The monoisotopic (exact) mass is 617 g/mol. The Kier molecular flexibility index (Phi) is 10.8. The van der Waals surface area contributed by atoms with Crippen molar-refractivity contribution in [3.05, 3.63) is 129 Å². The number of anilines is 2. The molecule has 0 heterocycles. The highest BCUT2D eigenvalue weighted by Gasteiger charge is 2.15. The van der Waals surface area contributed by atoms with Crippen LogP contribution in [-0.2, 0) is 9.59 Å². The molecule has 42 heavy (non-hydrogen) atoms. The molecular weight excluding hydrogens is 589 g/mol. The van der Waals surface area contributed by atoms with Gasteiger partial charge in [-0.2, -0.15) is 0 Å². The minimum Gasteiger partial charge on any atom is -0.324 e. The highest BCUT2D eigenvalue weighted by Crippen LogP contribution is 2.26. The summed E-state index contributed by atoms with van der Waals surface area (Å²) in [5.41, 5.74) is 3.49. The predicted octanol–water partition coefficient (Wildman–Crippen LogP) is 8.26. The van der Waals surface area contributed by atoms with Crippen LogP contribution in [0.1, 0.15) is 41.3 Å². The lowest BCUT2D eigenvalue weighted by atomic mass is 10.0. The van der Waals surface area contributed by atoms with Crippen LogP contribution in [0.25, 0.3) is 6.08 Å². The van der Waals surface area contributed by atoms with Crippen molar-refractivity contribution >= 4 is 70.1 Å². The summed E-state index contributed by atoms with van der Waals surface area (Å²) in [5, 5.41) is 9.23. The number of hydrogen-bond donors (Lipinski definition) is 3. The van der Waals surface area contributed by atoms with E-state index in [4.69, 9.17) is 23.2 Å². The Morgan fingerprint density at radius 3 is 2.19 bits per heavy atom. The van der Waals surface area contributed by atoms with Gasteiger partial charge in [0.25, 0.3) is 11.8 Å². The van der Waals surface area contributed by atoms with Crippen molar-refractivity contribution in [3.8, 4) is 0 Å². The Hall–Kier alpha value is -4.04. The Balaban J connectivity index is 1.42. The van der Waals surface area contributed by atoms with Crippen LogP contribution in [0.2, 0.25) is 10.0 Å². The largest absolute Gasteiger partial charge is 0.324 e. The zero-order valence-electron chi connectivity index (χ0n) is 23.0. The van der Waals surface area contributed by atoms with Crippen LogP contribution in [0.5, 0.6) is 0 Å². The number of halogens is 2. The van der Waals surface area contributed by atoms with Gasteiger partial charge in [0.15, 0.2) is 0 Å². The summed E-state index contributed by atoms with van der Waals surface area (Å²) in [4.78, 5) is 39.4. The highest BCUT2D eigenvalue weighted by molar-refractivity contribution is 8.00. The average molecular weight is 619 g/mol. The molecule has 4 aromatic carbocycles. The van der Waals surface area contributed by atoms with Gasteiger partial charge in [0.2, 0.25) is 5.91 Å². The van der Waals surface area contributed by atoms with Gasteiger partial charge in [0.05, 0.1) is 16.5 Å². The van der Waals surface area contributed by atoms with Crippen LogP contribution in [0.15, 0.2) is 108 Å². The summed E-state index contributed by atoms with van der Waals surface area (Å²) in [6, 6.07) is 28.5. The Labute approximate surface area is 259 Å². The molecular formula is C33H29Cl2N3O3S. The third-order valence-corrected chi connectivity index (χ3v) is 7.70. The van der Waals surface area contributed by atoms with Crippen molar-refractivity contribution in [1.82, 2.24) is 5.32 Å². The molecule has 0 fully saturated rings. The molecule has 3 N–H and O–H groups in total. The first-order chi connectivity index (χ1) is 20.2. The second kappa shape index (κ2) is 14.7.